The molecule has 2 aromatic carbocycles. The fraction of sp³-hybridized carbons (Fsp3) is 0.405. The Morgan fingerprint density at radius 3 is 1.77 bits per heavy atom. The van der Waals surface area contributed by atoms with E-state index >= 15 is 0 Å². The van der Waals surface area contributed by atoms with Gasteiger partial charge in [0.1, 0.15) is 0 Å². The fourth-order valence-electron chi connectivity index (χ4n) is 5.91. The number of aromatic nitrogens is 4. The van der Waals surface area contributed by atoms with Crippen LogP contribution in [0.25, 0.3) is 0 Å². The highest BCUT2D eigenvalue weighted by Gasteiger charge is 2.20. The summed E-state index contributed by atoms with van der Waals surface area (Å²) in [5, 5.41) is 1.41. The Morgan fingerprint density at radius 2 is 1.26 bits per heavy atom. The number of hydrogen-bond acceptors (Lipinski definition) is 6. The van der Waals surface area contributed by atoms with Crippen LogP contribution in [0.1, 0.15) is 92.2 Å². The second kappa shape index (κ2) is 15.9. The van der Waals surface area contributed by atoms with E-state index in [0.29, 0.717) is 28.6 Å². The number of aromatic amines is 3. The van der Waals surface area contributed by atoms with Gasteiger partial charge in [-0.1, -0.05) is 75.5 Å². The van der Waals surface area contributed by atoms with Crippen LogP contribution in [-0.2, 0) is 6.54 Å². The lowest BCUT2D eigenvalue weighted by Gasteiger charge is -2.19. The predicted molar refractivity (Wildman–Crippen MR) is 194 cm³/mol. The van der Waals surface area contributed by atoms with Crippen molar-refractivity contribution in [3.8, 4) is 0 Å². The Hall–Kier alpha value is -3.76. The Morgan fingerprint density at radius 1 is 0.723 bits per heavy atom. The maximum absolute atomic E-state index is 12.6. The van der Waals surface area contributed by atoms with Crippen LogP contribution in [-0.4, -0.2) is 19.5 Å². The maximum Gasteiger partial charge on any atom is 0.329 e. The van der Waals surface area contributed by atoms with Crippen LogP contribution >= 0.6 is 23.5 Å². The quantitative estimate of drug-likeness (QED) is 0.123. The Bertz CT molecular complexity index is 1960. The van der Waals surface area contributed by atoms with Crippen molar-refractivity contribution >= 4 is 23.5 Å². The molecule has 3 N–H and O–H groups in total. The first-order valence-electron chi connectivity index (χ1n) is 16.1. The van der Waals surface area contributed by atoms with E-state index in [1.165, 1.54) is 34.7 Å². The molecule has 0 fully saturated rings. The molecule has 4 aromatic rings. The first kappa shape index (κ1) is 36.1. The normalized spacial score (nSPS) is 14.1. The first-order valence-corrected chi connectivity index (χ1v) is 17.8. The molecule has 250 valence electrons. The molecule has 0 saturated heterocycles. The van der Waals surface area contributed by atoms with Crippen molar-refractivity contribution < 1.29 is 0 Å². The van der Waals surface area contributed by atoms with E-state index in [1.54, 1.807) is 4.57 Å². The van der Waals surface area contributed by atoms with Crippen molar-refractivity contribution in [1.82, 2.24) is 19.5 Å². The molecule has 0 amide bonds. The number of nitrogens with zero attached hydrogens (tertiary/aromatic N) is 1. The molecule has 0 bridgehead atoms. The SMILES string of the molecule is Cc1cc(C)cc(Sc2[nH]c(=O)[nH]c(=O)c2C(C)C)c1.Cc1cc(C)cc(Sc2c(C(C)C)c(=O)[nH]c(=O)n2CCC2C=CCC2)c1. The minimum absolute atomic E-state index is 0.0420. The largest absolute Gasteiger partial charge is 0.329 e. The number of nitrogens with one attached hydrogen (secondary N) is 3. The molecule has 0 saturated carbocycles. The summed E-state index contributed by atoms with van der Waals surface area (Å²) < 4.78 is 1.77. The van der Waals surface area contributed by atoms with Gasteiger partial charge in [-0.05, 0) is 111 Å². The zero-order chi connectivity index (χ0) is 34.4. The second-order valence-corrected chi connectivity index (χ2v) is 15.1. The van der Waals surface area contributed by atoms with Crippen LogP contribution in [0.5, 0.6) is 0 Å². The summed E-state index contributed by atoms with van der Waals surface area (Å²) in [6.45, 7) is 16.7. The molecule has 2 heterocycles. The fourth-order valence-corrected chi connectivity index (χ4v) is 8.66. The van der Waals surface area contributed by atoms with Gasteiger partial charge >= 0.3 is 11.4 Å². The molecule has 8 nitrogen and oxygen atoms in total. The standard InChI is InChI=1S/C22H28N2O2S.C15H18N2O2S/c1-14(2)19-20(25)23-22(26)24(10-9-17-7-5-6-8-17)21(19)27-18-12-15(3)11-16(4)13-18;1-8(2)12-13(18)16-15(19)17-14(12)20-11-6-9(3)5-10(4)7-11/h5,7,11-14,17H,6,8-10H2,1-4H3,(H,23,25,26);5-8H,1-4H3,(H2,16,17,18,19). The van der Waals surface area contributed by atoms with Crippen LogP contribution in [0.3, 0.4) is 0 Å². The van der Waals surface area contributed by atoms with Gasteiger partial charge in [0, 0.05) is 16.3 Å². The van der Waals surface area contributed by atoms with E-state index in [0.717, 1.165) is 45.2 Å². The summed E-state index contributed by atoms with van der Waals surface area (Å²) in [4.78, 5) is 58.3. The maximum atomic E-state index is 12.6. The van der Waals surface area contributed by atoms with E-state index in [1.807, 2.05) is 53.7 Å². The molecule has 10 heteroatoms. The third kappa shape index (κ3) is 9.64. The monoisotopic (exact) mass is 674 g/mol. The summed E-state index contributed by atoms with van der Waals surface area (Å²) in [5.74, 6) is 0.606. The van der Waals surface area contributed by atoms with Crippen molar-refractivity contribution in [1.29, 1.82) is 0 Å². The number of allylic oxidation sites excluding steroid dienone is 2. The van der Waals surface area contributed by atoms with Gasteiger partial charge < -0.3 is 4.98 Å². The van der Waals surface area contributed by atoms with Gasteiger partial charge in [-0.15, -0.1) is 0 Å². The van der Waals surface area contributed by atoms with Crippen LogP contribution < -0.4 is 22.5 Å². The van der Waals surface area contributed by atoms with Crippen molar-refractivity contribution in [2.45, 2.75) is 113 Å². The average molecular weight is 675 g/mol. The highest BCUT2D eigenvalue weighted by Crippen LogP contribution is 2.34. The van der Waals surface area contributed by atoms with E-state index in [4.69, 9.17) is 0 Å². The highest BCUT2D eigenvalue weighted by atomic mass is 32.2. The molecule has 5 rings (SSSR count). The lowest BCUT2D eigenvalue weighted by molar-refractivity contribution is 0.473. The molecule has 1 unspecified atom stereocenters. The Labute approximate surface area is 284 Å². The van der Waals surface area contributed by atoms with Crippen LogP contribution in [0, 0.1) is 33.6 Å². The summed E-state index contributed by atoms with van der Waals surface area (Å²) in [6.07, 6.45) is 7.64. The Kier molecular flexibility index (Phi) is 12.2. The van der Waals surface area contributed by atoms with Gasteiger partial charge in [-0.25, -0.2) is 9.59 Å². The molecule has 47 heavy (non-hydrogen) atoms. The minimum Gasteiger partial charge on any atom is -0.301 e. The minimum atomic E-state index is -0.466. The predicted octanol–water partition coefficient (Wildman–Crippen LogP) is 7.74. The lowest BCUT2D eigenvalue weighted by atomic mass is 10.0. The van der Waals surface area contributed by atoms with Crippen molar-refractivity contribution in [2.75, 3.05) is 0 Å². The van der Waals surface area contributed by atoms with Crippen LogP contribution in [0.2, 0.25) is 0 Å². The molecule has 0 radical (unpaired) electrons. The van der Waals surface area contributed by atoms with E-state index in [-0.39, 0.29) is 28.6 Å². The van der Waals surface area contributed by atoms with Gasteiger partial charge in [0.2, 0.25) is 0 Å². The molecule has 0 aliphatic heterocycles. The van der Waals surface area contributed by atoms with Crippen molar-refractivity contribution in [3.63, 3.8) is 0 Å². The number of hydrogen-bond donors (Lipinski definition) is 3. The van der Waals surface area contributed by atoms with E-state index in [9.17, 15) is 19.2 Å². The topological polar surface area (TPSA) is 121 Å². The number of H-pyrrole nitrogens is 3. The molecule has 1 aliphatic carbocycles. The van der Waals surface area contributed by atoms with E-state index < -0.39 is 5.69 Å². The van der Waals surface area contributed by atoms with Gasteiger partial charge in [0.25, 0.3) is 11.1 Å². The third-order valence-corrected chi connectivity index (χ3v) is 10.0. The van der Waals surface area contributed by atoms with Gasteiger partial charge in [0.15, 0.2) is 0 Å². The van der Waals surface area contributed by atoms with Gasteiger partial charge in [-0.2, -0.15) is 0 Å². The van der Waals surface area contributed by atoms with Crippen molar-refractivity contribution in [3.05, 3.63) is 124 Å². The number of rotatable bonds is 9. The summed E-state index contributed by atoms with van der Waals surface area (Å²) in [6, 6.07) is 12.5. The zero-order valence-electron chi connectivity index (χ0n) is 28.6. The highest BCUT2D eigenvalue weighted by molar-refractivity contribution is 7.99. The number of benzene rings is 2. The molecule has 1 aliphatic rings. The van der Waals surface area contributed by atoms with Crippen molar-refractivity contribution in [2.24, 2.45) is 5.92 Å². The lowest BCUT2D eigenvalue weighted by Crippen LogP contribution is -2.34. The van der Waals surface area contributed by atoms with Crippen LogP contribution in [0.4, 0.5) is 0 Å². The summed E-state index contributed by atoms with van der Waals surface area (Å²) >= 11 is 2.96. The van der Waals surface area contributed by atoms with Gasteiger partial charge in [-0.3, -0.25) is 24.1 Å². The van der Waals surface area contributed by atoms with Crippen LogP contribution in [0.15, 0.2) is 87.6 Å². The summed E-state index contributed by atoms with van der Waals surface area (Å²) in [7, 11) is 0. The van der Waals surface area contributed by atoms with E-state index in [2.05, 4.69) is 65.2 Å². The number of aryl methyl sites for hydroxylation is 4. The zero-order valence-corrected chi connectivity index (χ0v) is 30.2. The first-order chi connectivity index (χ1) is 22.2. The smallest absolute Gasteiger partial charge is 0.301 e. The third-order valence-electron chi connectivity index (χ3n) is 7.94. The van der Waals surface area contributed by atoms with Gasteiger partial charge in [0.05, 0.1) is 21.2 Å². The molecule has 2 aromatic heterocycles. The molecular weight excluding hydrogens is 629 g/mol. The average Bonchev–Trinajstić information content (AvgIpc) is 3.45. The summed E-state index contributed by atoms with van der Waals surface area (Å²) in [5.41, 5.74) is 4.64. The molecule has 1 atom stereocenters. The molecular formula is C37H46N4O4S2. The second-order valence-electron chi connectivity index (χ2n) is 13.0. The molecule has 0 spiro atoms. The Balaban J connectivity index is 0.000000223.